The molecule has 1 aromatic heterocycles. The highest BCUT2D eigenvalue weighted by Crippen LogP contribution is 2.25. The maximum Gasteiger partial charge on any atom is 0.290 e. The lowest BCUT2D eigenvalue weighted by molar-refractivity contribution is -0.115. The highest BCUT2D eigenvalue weighted by Gasteiger charge is 2.26. The van der Waals surface area contributed by atoms with Gasteiger partial charge in [0.05, 0.1) is 16.9 Å². The molecule has 9 heteroatoms. The van der Waals surface area contributed by atoms with E-state index in [1.54, 1.807) is 12.3 Å². The van der Waals surface area contributed by atoms with Crippen LogP contribution in [-0.4, -0.2) is 35.7 Å². The van der Waals surface area contributed by atoms with Gasteiger partial charge in [0.1, 0.15) is 5.76 Å². The minimum atomic E-state index is -0.363. The smallest absolute Gasteiger partial charge is 0.290 e. The molecule has 8 nitrogen and oxygen atoms in total. The van der Waals surface area contributed by atoms with Crippen LogP contribution in [0.1, 0.15) is 31.2 Å². The Bertz CT molecular complexity index is 1150. The van der Waals surface area contributed by atoms with Crippen LogP contribution in [-0.2, 0) is 11.3 Å². The summed E-state index contributed by atoms with van der Waals surface area (Å²) in [6, 6.07) is 13.2. The van der Waals surface area contributed by atoms with E-state index in [1.807, 2.05) is 18.2 Å². The Balaban J connectivity index is 1.09. The molecule has 2 aliphatic heterocycles. The molecule has 3 heterocycles. The van der Waals surface area contributed by atoms with Gasteiger partial charge in [0, 0.05) is 30.7 Å². The quantitative estimate of drug-likeness (QED) is 0.471. The zero-order valence-electron chi connectivity index (χ0n) is 18.7. The highest BCUT2D eigenvalue weighted by molar-refractivity contribution is 8.18. The molecule has 176 valence electrons. The van der Waals surface area contributed by atoms with Crippen molar-refractivity contribution in [2.24, 2.45) is 4.99 Å². The van der Waals surface area contributed by atoms with Gasteiger partial charge < -0.3 is 20.4 Å². The Morgan fingerprint density at radius 3 is 2.74 bits per heavy atom. The van der Waals surface area contributed by atoms with E-state index in [1.165, 1.54) is 5.56 Å². The number of hydrogen-bond donors (Lipinski definition) is 4. The molecular weight excluding hydrogens is 450 g/mol. The molecule has 2 aromatic rings. The zero-order chi connectivity index (χ0) is 23.3. The Hall–Kier alpha value is -3.30. The summed E-state index contributed by atoms with van der Waals surface area (Å²) in [5.74, 6) is 1.24. The molecule has 1 saturated heterocycles. The molecule has 0 atom stereocenters. The van der Waals surface area contributed by atoms with Gasteiger partial charge in [-0.05, 0) is 73.4 Å². The lowest BCUT2D eigenvalue weighted by atomic mass is 9.91. The Morgan fingerprint density at radius 1 is 1.12 bits per heavy atom. The summed E-state index contributed by atoms with van der Waals surface area (Å²) >= 11 is 0.906. The number of benzene rings is 1. The second kappa shape index (κ2) is 10.3. The zero-order valence-corrected chi connectivity index (χ0v) is 19.5. The number of amides is 2. The SMILES string of the molecule is O=C1NC(=O)/C(=C/C2=CCNC(N[C@H]3CC[C@H](NCc4cccc(-c5ccco5)c4)CC3)=N2)S1. The number of rotatable bonds is 6. The van der Waals surface area contributed by atoms with Crippen LogP contribution in [0.2, 0.25) is 0 Å². The third kappa shape index (κ3) is 5.60. The van der Waals surface area contributed by atoms with Crippen molar-refractivity contribution >= 4 is 28.9 Å². The Morgan fingerprint density at radius 2 is 1.97 bits per heavy atom. The van der Waals surface area contributed by atoms with Crippen molar-refractivity contribution in [2.45, 2.75) is 44.3 Å². The molecule has 4 N–H and O–H groups in total. The Labute approximate surface area is 202 Å². The molecular formula is C25H27N5O3S. The van der Waals surface area contributed by atoms with Gasteiger partial charge in [-0.25, -0.2) is 4.99 Å². The first-order valence-electron chi connectivity index (χ1n) is 11.5. The van der Waals surface area contributed by atoms with Crippen molar-refractivity contribution in [3.05, 3.63) is 71.0 Å². The van der Waals surface area contributed by atoms with Gasteiger partial charge in [0.15, 0.2) is 5.96 Å². The number of nitrogens with one attached hydrogen (secondary N) is 4. The van der Waals surface area contributed by atoms with E-state index < -0.39 is 0 Å². The molecule has 34 heavy (non-hydrogen) atoms. The van der Waals surface area contributed by atoms with Crippen LogP contribution in [0.5, 0.6) is 0 Å². The number of guanidine groups is 1. The lowest BCUT2D eigenvalue weighted by Crippen LogP contribution is -2.47. The van der Waals surface area contributed by atoms with Crippen LogP contribution in [0.3, 0.4) is 0 Å². The molecule has 1 aromatic carbocycles. The number of imide groups is 1. The summed E-state index contributed by atoms with van der Waals surface area (Å²) in [5, 5.41) is 12.4. The molecule has 1 aliphatic carbocycles. The summed E-state index contributed by atoms with van der Waals surface area (Å²) in [6.45, 7) is 1.46. The van der Waals surface area contributed by atoms with Crippen LogP contribution in [0.15, 0.2) is 74.8 Å². The number of aliphatic imine (C=N–C) groups is 1. The normalized spacial score (nSPS) is 23.8. The first kappa shape index (κ1) is 22.5. The van der Waals surface area contributed by atoms with Gasteiger partial charge in [-0.15, -0.1) is 0 Å². The summed E-state index contributed by atoms with van der Waals surface area (Å²) in [4.78, 5) is 28.1. The molecule has 0 bridgehead atoms. The van der Waals surface area contributed by atoms with E-state index in [4.69, 9.17) is 4.42 Å². The number of carbonyl (C=O) groups is 2. The highest BCUT2D eigenvalue weighted by atomic mass is 32.2. The summed E-state index contributed by atoms with van der Waals surface area (Å²) < 4.78 is 5.51. The van der Waals surface area contributed by atoms with E-state index in [0.29, 0.717) is 29.2 Å². The van der Waals surface area contributed by atoms with Crippen LogP contribution >= 0.6 is 11.8 Å². The van der Waals surface area contributed by atoms with E-state index >= 15 is 0 Å². The van der Waals surface area contributed by atoms with Crippen LogP contribution < -0.4 is 21.3 Å². The van der Waals surface area contributed by atoms with Gasteiger partial charge in [-0.2, -0.15) is 0 Å². The topological polar surface area (TPSA) is 108 Å². The number of nitrogens with zero attached hydrogens (tertiary/aromatic N) is 1. The number of furan rings is 1. The van der Waals surface area contributed by atoms with Crippen LogP contribution in [0.4, 0.5) is 4.79 Å². The van der Waals surface area contributed by atoms with E-state index in [9.17, 15) is 9.59 Å². The second-order valence-electron chi connectivity index (χ2n) is 8.57. The molecule has 0 radical (unpaired) electrons. The monoisotopic (exact) mass is 477 g/mol. The predicted octanol–water partition coefficient (Wildman–Crippen LogP) is 3.65. The van der Waals surface area contributed by atoms with Crippen molar-refractivity contribution in [1.82, 2.24) is 21.3 Å². The maximum absolute atomic E-state index is 11.8. The summed E-state index contributed by atoms with van der Waals surface area (Å²) in [5.41, 5.74) is 3.03. The molecule has 2 amide bonds. The fraction of sp³-hybridized carbons (Fsp3) is 0.320. The molecule has 1 saturated carbocycles. The van der Waals surface area contributed by atoms with E-state index in [2.05, 4.69) is 50.5 Å². The standard InChI is InChI=1S/C25H27N5O3S/c31-23-22(34-25(32)30-23)14-20-10-11-26-24(29-20)28-19-8-6-18(7-9-19)27-15-16-3-1-4-17(13-16)21-5-2-12-33-21/h1-5,10,12-14,18-19,27H,6-9,11,15H2,(H2,26,28,29)(H,30,31,32)/b22-14-/t18-,19-. The van der Waals surface area contributed by atoms with E-state index in [0.717, 1.165) is 61.3 Å². The van der Waals surface area contributed by atoms with Crippen LogP contribution in [0, 0.1) is 0 Å². The third-order valence-electron chi connectivity index (χ3n) is 6.14. The first-order valence-corrected chi connectivity index (χ1v) is 12.3. The largest absolute Gasteiger partial charge is 0.464 e. The number of carbonyl (C=O) groups excluding carboxylic acids is 2. The molecule has 2 fully saturated rings. The van der Waals surface area contributed by atoms with Crippen molar-refractivity contribution in [3.63, 3.8) is 0 Å². The fourth-order valence-electron chi connectivity index (χ4n) is 4.37. The number of thioether (sulfide) groups is 1. The summed E-state index contributed by atoms with van der Waals surface area (Å²) in [7, 11) is 0. The van der Waals surface area contributed by atoms with Crippen molar-refractivity contribution in [3.8, 4) is 11.3 Å². The maximum atomic E-state index is 11.8. The first-order chi connectivity index (χ1) is 16.6. The molecule has 0 unspecified atom stereocenters. The molecule has 0 spiro atoms. The van der Waals surface area contributed by atoms with Gasteiger partial charge in [0.25, 0.3) is 11.1 Å². The average Bonchev–Trinajstić information content (AvgIpc) is 3.49. The minimum absolute atomic E-state index is 0.344. The van der Waals surface area contributed by atoms with Gasteiger partial charge in [-0.3, -0.25) is 14.9 Å². The van der Waals surface area contributed by atoms with Crippen molar-refractivity contribution < 1.29 is 14.0 Å². The van der Waals surface area contributed by atoms with Crippen molar-refractivity contribution in [1.29, 1.82) is 0 Å². The van der Waals surface area contributed by atoms with Gasteiger partial charge in [0.2, 0.25) is 0 Å². The Kier molecular flexibility index (Phi) is 6.82. The average molecular weight is 478 g/mol. The molecule has 5 rings (SSSR count). The second-order valence-corrected chi connectivity index (χ2v) is 9.59. The number of hydrogen-bond acceptors (Lipinski definition) is 8. The third-order valence-corrected chi connectivity index (χ3v) is 6.95. The van der Waals surface area contributed by atoms with Gasteiger partial charge >= 0.3 is 0 Å². The number of allylic oxidation sites excluding steroid dienone is 1. The van der Waals surface area contributed by atoms with Crippen LogP contribution in [0.25, 0.3) is 11.3 Å². The fourth-order valence-corrected chi connectivity index (χ4v) is 5.04. The van der Waals surface area contributed by atoms with E-state index in [-0.39, 0.29) is 11.1 Å². The predicted molar refractivity (Wildman–Crippen MR) is 133 cm³/mol. The summed E-state index contributed by atoms with van der Waals surface area (Å²) in [6.07, 6.45) is 9.55. The lowest BCUT2D eigenvalue weighted by Gasteiger charge is -2.31. The minimum Gasteiger partial charge on any atom is -0.464 e. The molecule has 3 aliphatic rings. The van der Waals surface area contributed by atoms with Gasteiger partial charge in [-0.1, -0.05) is 18.2 Å². The van der Waals surface area contributed by atoms with Crippen molar-refractivity contribution in [2.75, 3.05) is 6.54 Å².